The summed E-state index contributed by atoms with van der Waals surface area (Å²) in [5.74, 6) is -1.91. The minimum Gasteiger partial charge on any atom is -1.00 e. The molecule has 0 aliphatic carbocycles. The van der Waals surface area contributed by atoms with Crippen molar-refractivity contribution < 1.29 is 22.3 Å². The number of carbonyl (C=O) groups excluding carboxylic acids is 1. The van der Waals surface area contributed by atoms with Gasteiger partial charge < -0.3 is 12.7 Å². The Bertz CT molecular complexity index is 396. The molecule has 1 aromatic rings. The minimum atomic E-state index is -1.18. The summed E-state index contributed by atoms with van der Waals surface area (Å²) < 4.78 is 4.67. The maximum Gasteiger partial charge on any atom is 2.00 e. The van der Waals surface area contributed by atoms with Gasteiger partial charge in [-0.2, -0.15) is 0 Å². The Morgan fingerprint density at radius 1 is 1.29 bits per heavy atom. The van der Waals surface area contributed by atoms with Crippen molar-refractivity contribution in [3.63, 3.8) is 0 Å². The summed E-state index contributed by atoms with van der Waals surface area (Å²) in [5, 5.41) is 8.30. The van der Waals surface area contributed by atoms with E-state index in [1.54, 1.807) is 12.2 Å². The van der Waals surface area contributed by atoms with E-state index in [0.717, 1.165) is 5.56 Å². The van der Waals surface area contributed by atoms with Crippen LogP contribution in [0.15, 0.2) is 36.4 Å². The molecular formula is C12H14MgO4. The number of carboxylic acids is 1. The van der Waals surface area contributed by atoms with Crippen molar-refractivity contribution in [2.24, 2.45) is 0 Å². The van der Waals surface area contributed by atoms with Crippen molar-refractivity contribution in [2.45, 2.75) is 6.42 Å². The van der Waals surface area contributed by atoms with E-state index in [2.05, 4.69) is 4.74 Å². The molecule has 0 aliphatic rings. The summed E-state index contributed by atoms with van der Waals surface area (Å²) in [6.07, 6.45) is 2.86. The van der Waals surface area contributed by atoms with E-state index in [1.807, 2.05) is 30.3 Å². The molecule has 0 saturated heterocycles. The van der Waals surface area contributed by atoms with Crippen LogP contribution < -0.4 is 0 Å². The van der Waals surface area contributed by atoms with E-state index in [1.165, 1.54) is 0 Å². The number of benzene rings is 1. The van der Waals surface area contributed by atoms with Crippen molar-refractivity contribution >= 4 is 41.1 Å². The van der Waals surface area contributed by atoms with Gasteiger partial charge >= 0.3 is 35.0 Å². The Morgan fingerprint density at radius 3 is 2.53 bits per heavy atom. The first-order chi connectivity index (χ1) is 7.68. The van der Waals surface area contributed by atoms with Crippen LogP contribution in [0.2, 0.25) is 0 Å². The molecule has 0 aromatic heterocycles. The fourth-order valence-electron chi connectivity index (χ4n) is 1.06. The van der Waals surface area contributed by atoms with Crippen LogP contribution in [0, 0.1) is 0 Å². The van der Waals surface area contributed by atoms with Crippen LogP contribution in [-0.4, -0.2) is 46.7 Å². The normalized spacial score (nSPS) is 9.65. The number of carbonyl (C=O) groups is 2. The monoisotopic (exact) mass is 246 g/mol. The summed E-state index contributed by atoms with van der Waals surface area (Å²) in [6, 6.07) is 9.53. The molecule has 0 fully saturated rings. The standard InChI is InChI=1S/C12H12O4.Mg.2H/c13-11(14)9-12(15)16-8-4-7-10-5-2-1-3-6-10;;;/h1-7H,8-9H2,(H,13,14);;;/q;+2;2*-1/b7-4+;;;. The van der Waals surface area contributed by atoms with Gasteiger partial charge in [-0.15, -0.1) is 0 Å². The molecule has 0 unspecified atom stereocenters. The number of esters is 1. The Hall–Kier alpha value is -1.33. The molecule has 0 heterocycles. The quantitative estimate of drug-likeness (QED) is 0.486. The topological polar surface area (TPSA) is 63.6 Å². The molecule has 4 nitrogen and oxygen atoms in total. The van der Waals surface area contributed by atoms with Gasteiger partial charge in [0.25, 0.3) is 0 Å². The van der Waals surface area contributed by atoms with Crippen LogP contribution in [0.5, 0.6) is 0 Å². The summed E-state index contributed by atoms with van der Waals surface area (Å²) in [5.41, 5.74) is 0.997. The third kappa shape index (κ3) is 7.54. The van der Waals surface area contributed by atoms with Crippen LogP contribution >= 0.6 is 0 Å². The Balaban J connectivity index is -0.000000853. The van der Waals surface area contributed by atoms with Gasteiger partial charge in [-0.3, -0.25) is 9.59 Å². The van der Waals surface area contributed by atoms with Crippen molar-refractivity contribution in [1.82, 2.24) is 0 Å². The first-order valence-corrected chi connectivity index (χ1v) is 4.77. The van der Waals surface area contributed by atoms with E-state index >= 15 is 0 Å². The fraction of sp³-hybridized carbons (Fsp3) is 0.167. The molecule has 0 amide bonds. The number of hydrogen-bond donors (Lipinski definition) is 1. The molecule has 0 spiro atoms. The second-order valence-corrected chi connectivity index (χ2v) is 3.07. The molecule has 0 saturated carbocycles. The van der Waals surface area contributed by atoms with Gasteiger partial charge in [0.05, 0.1) is 0 Å². The molecule has 5 heteroatoms. The van der Waals surface area contributed by atoms with Gasteiger partial charge in [-0.25, -0.2) is 0 Å². The smallest absolute Gasteiger partial charge is 1.00 e. The second kappa shape index (κ2) is 8.78. The zero-order valence-electron chi connectivity index (χ0n) is 11.3. The molecule has 0 bridgehead atoms. The summed E-state index contributed by atoms with van der Waals surface area (Å²) in [6.45, 7) is 0.0843. The summed E-state index contributed by atoms with van der Waals surface area (Å²) in [4.78, 5) is 21.0. The predicted octanol–water partition coefficient (Wildman–Crippen LogP) is 1.56. The fourth-order valence-corrected chi connectivity index (χ4v) is 1.06. The molecular weight excluding hydrogens is 232 g/mol. The molecule has 0 atom stereocenters. The molecule has 88 valence electrons. The van der Waals surface area contributed by atoms with Crippen LogP contribution in [0.3, 0.4) is 0 Å². The van der Waals surface area contributed by atoms with Crippen molar-refractivity contribution in [1.29, 1.82) is 0 Å². The maximum atomic E-state index is 10.8. The van der Waals surface area contributed by atoms with E-state index < -0.39 is 18.4 Å². The van der Waals surface area contributed by atoms with E-state index in [0.29, 0.717) is 0 Å². The largest absolute Gasteiger partial charge is 2.00 e. The van der Waals surface area contributed by atoms with Gasteiger partial charge in [0.1, 0.15) is 13.0 Å². The van der Waals surface area contributed by atoms with Gasteiger partial charge in [0.15, 0.2) is 0 Å². The molecule has 1 aromatic carbocycles. The van der Waals surface area contributed by atoms with Crippen molar-refractivity contribution in [3.05, 3.63) is 42.0 Å². The van der Waals surface area contributed by atoms with Crippen molar-refractivity contribution in [2.75, 3.05) is 6.61 Å². The summed E-state index contributed by atoms with van der Waals surface area (Å²) >= 11 is 0. The Morgan fingerprint density at radius 2 is 1.94 bits per heavy atom. The third-order valence-electron chi connectivity index (χ3n) is 1.75. The van der Waals surface area contributed by atoms with Gasteiger partial charge in [0, 0.05) is 0 Å². The SMILES string of the molecule is O=C(O)CC(=O)OC/C=C/c1ccccc1.[H-].[H-].[Mg+2]. The zero-order chi connectivity index (χ0) is 11.8. The molecule has 1 N–H and O–H groups in total. The Kier molecular flexibility index (Phi) is 8.09. The molecule has 17 heavy (non-hydrogen) atoms. The second-order valence-electron chi connectivity index (χ2n) is 3.07. The van der Waals surface area contributed by atoms with Crippen LogP contribution in [0.25, 0.3) is 6.08 Å². The molecule has 0 radical (unpaired) electrons. The van der Waals surface area contributed by atoms with Gasteiger partial charge in [-0.1, -0.05) is 36.4 Å². The minimum absolute atomic E-state index is 0. The van der Waals surface area contributed by atoms with Crippen LogP contribution in [0.1, 0.15) is 14.8 Å². The molecule has 1 rings (SSSR count). The van der Waals surface area contributed by atoms with Crippen LogP contribution in [0.4, 0.5) is 0 Å². The Labute approximate surface area is 118 Å². The average Bonchev–Trinajstić information content (AvgIpc) is 2.25. The summed E-state index contributed by atoms with van der Waals surface area (Å²) in [7, 11) is 0. The van der Waals surface area contributed by atoms with E-state index in [9.17, 15) is 9.59 Å². The zero-order valence-corrected chi connectivity index (χ0v) is 10.7. The van der Waals surface area contributed by atoms with Crippen LogP contribution in [-0.2, 0) is 14.3 Å². The first-order valence-electron chi connectivity index (χ1n) is 4.77. The number of hydrogen-bond acceptors (Lipinski definition) is 3. The number of aliphatic carboxylic acids is 1. The number of ether oxygens (including phenoxy) is 1. The average molecular weight is 247 g/mol. The van der Waals surface area contributed by atoms with Gasteiger partial charge in [-0.05, 0) is 11.6 Å². The number of rotatable bonds is 5. The maximum absolute atomic E-state index is 10.8. The van der Waals surface area contributed by atoms with Crippen molar-refractivity contribution in [3.8, 4) is 0 Å². The van der Waals surface area contributed by atoms with E-state index in [4.69, 9.17) is 5.11 Å². The van der Waals surface area contributed by atoms with Gasteiger partial charge in [0.2, 0.25) is 0 Å². The number of carboxylic acid groups (broad SMARTS) is 1. The third-order valence-corrected chi connectivity index (χ3v) is 1.75. The predicted molar refractivity (Wildman–Crippen MR) is 66.7 cm³/mol. The van der Waals surface area contributed by atoms with E-state index in [-0.39, 0.29) is 32.5 Å². The molecule has 0 aliphatic heterocycles. The first kappa shape index (κ1) is 15.7.